The van der Waals surface area contributed by atoms with Crippen LogP contribution in [-0.4, -0.2) is 33.6 Å². The second-order valence-corrected chi connectivity index (χ2v) is 4.96. The molecule has 0 spiro atoms. The zero-order chi connectivity index (χ0) is 11.9. The Hall–Kier alpha value is -1.32. The number of aromatic nitrogens is 2. The van der Waals surface area contributed by atoms with Crippen LogP contribution in [0.15, 0.2) is 0 Å². The Labute approximate surface area is 96.0 Å². The number of nitrogens with zero attached hydrogens (tertiary/aromatic N) is 2. The standard InChI is InChI=1S/C12H19N3O/c1-7-5-8(2)15(6-7)12(16)11-9(3)13-14-10(11)4/h7-8H,5-6H2,1-4H3,(H,13,14). The van der Waals surface area contributed by atoms with Crippen molar-refractivity contribution in [1.82, 2.24) is 15.1 Å². The van der Waals surface area contributed by atoms with Gasteiger partial charge in [-0.1, -0.05) is 6.92 Å². The second kappa shape index (κ2) is 3.92. The number of hydrogen-bond acceptors (Lipinski definition) is 2. The van der Waals surface area contributed by atoms with Gasteiger partial charge < -0.3 is 4.90 Å². The summed E-state index contributed by atoms with van der Waals surface area (Å²) in [5.41, 5.74) is 2.42. The number of hydrogen-bond donors (Lipinski definition) is 1. The van der Waals surface area contributed by atoms with E-state index in [1.54, 1.807) is 0 Å². The summed E-state index contributed by atoms with van der Waals surface area (Å²) >= 11 is 0. The summed E-state index contributed by atoms with van der Waals surface area (Å²) in [6, 6.07) is 0.344. The van der Waals surface area contributed by atoms with Gasteiger partial charge in [-0.3, -0.25) is 9.89 Å². The van der Waals surface area contributed by atoms with Crippen molar-refractivity contribution >= 4 is 5.91 Å². The van der Waals surface area contributed by atoms with Crippen molar-refractivity contribution in [3.8, 4) is 0 Å². The fourth-order valence-electron chi connectivity index (χ4n) is 2.59. The Morgan fingerprint density at radius 3 is 2.56 bits per heavy atom. The van der Waals surface area contributed by atoms with Crippen LogP contribution in [0.1, 0.15) is 42.0 Å². The normalized spacial score (nSPS) is 25.1. The quantitative estimate of drug-likeness (QED) is 0.787. The van der Waals surface area contributed by atoms with Gasteiger partial charge in [0.05, 0.1) is 11.3 Å². The van der Waals surface area contributed by atoms with Crippen molar-refractivity contribution in [3.63, 3.8) is 0 Å². The Balaban J connectivity index is 2.26. The largest absolute Gasteiger partial charge is 0.336 e. The average Bonchev–Trinajstić information content (AvgIpc) is 2.70. The number of carbonyl (C=O) groups excluding carboxylic acids is 1. The number of rotatable bonds is 1. The maximum atomic E-state index is 12.4. The van der Waals surface area contributed by atoms with Gasteiger partial charge in [-0.2, -0.15) is 5.10 Å². The lowest BCUT2D eigenvalue weighted by molar-refractivity contribution is 0.0742. The first-order valence-electron chi connectivity index (χ1n) is 5.83. The molecule has 4 nitrogen and oxygen atoms in total. The molecule has 0 bridgehead atoms. The minimum absolute atomic E-state index is 0.126. The number of amides is 1. The molecule has 0 radical (unpaired) electrons. The molecule has 1 aliphatic rings. The number of H-pyrrole nitrogens is 1. The third-order valence-corrected chi connectivity index (χ3v) is 3.39. The summed E-state index contributed by atoms with van der Waals surface area (Å²) in [6.45, 7) is 8.95. The third kappa shape index (κ3) is 1.72. The molecule has 0 aromatic carbocycles. The van der Waals surface area contributed by atoms with Gasteiger partial charge in [0.15, 0.2) is 0 Å². The molecule has 1 aromatic heterocycles. The molecular formula is C12H19N3O. The molecule has 1 saturated heterocycles. The van der Waals surface area contributed by atoms with Crippen molar-refractivity contribution in [2.45, 2.75) is 40.2 Å². The lowest BCUT2D eigenvalue weighted by Crippen LogP contribution is -2.34. The molecule has 0 aliphatic carbocycles. The van der Waals surface area contributed by atoms with Crippen LogP contribution in [0.25, 0.3) is 0 Å². The first-order valence-corrected chi connectivity index (χ1v) is 5.83. The van der Waals surface area contributed by atoms with E-state index in [4.69, 9.17) is 0 Å². The van der Waals surface area contributed by atoms with Gasteiger partial charge in [-0.05, 0) is 33.1 Å². The van der Waals surface area contributed by atoms with E-state index in [1.807, 2.05) is 18.7 Å². The van der Waals surface area contributed by atoms with Crippen LogP contribution < -0.4 is 0 Å². The second-order valence-electron chi connectivity index (χ2n) is 4.96. The van der Waals surface area contributed by atoms with E-state index in [0.717, 1.165) is 29.9 Å². The molecule has 4 heteroatoms. The van der Waals surface area contributed by atoms with E-state index in [0.29, 0.717) is 12.0 Å². The molecule has 2 heterocycles. The molecule has 88 valence electrons. The summed E-state index contributed by atoms with van der Waals surface area (Å²) in [5, 5.41) is 6.95. The molecule has 1 N–H and O–H groups in total. The molecule has 2 unspecified atom stereocenters. The van der Waals surface area contributed by atoms with E-state index >= 15 is 0 Å². The first-order chi connectivity index (χ1) is 7.50. The van der Waals surface area contributed by atoms with Gasteiger partial charge >= 0.3 is 0 Å². The summed E-state index contributed by atoms with van der Waals surface area (Å²) in [5.74, 6) is 0.729. The highest BCUT2D eigenvalue weighted by molar-refractivity contribution is 5.96. The molecule has 1 fully saturated rings. The molecule has 1 amide bonds. The molecular weight excluding hydrogens is 202 g/mol. The van der Waals surface area contributed by atoms with Gasteiger partial charge in [0.1, 0.15) is 0 Å². The predicted molar refractivity (Wildman–Crippen MR) is 62.3 cm³/mol. The number of aromatic amines is 1. The highest BCUT2D eigenvalue weighted by Crippen LogP contribution is 2.25. The number of carbonyl (C=O) groups is 1. The monoisotopic (exact) mass is 221 g/mol. The zero-order valence-electron chi connectivity index (χ0n) is 10.4. The third-order valence-electron chi connectivity index (χ3n) is 3.39. The fourth-order valence-corrected chi connectivity index (χ4v) is 2.59. The molecule has 0 saturated carbocycles. The smallest absolute Gasteiger partial charge is 0.257 e. The van der Waals surface area contributed by atoms with Crippen LogP contribution in [0.2, 0.25) is 0 Å². The fraction of sp³-hybridized carbons (Fsp3) is 0.667. The molecule has 2 rings (SSSR count). The Kier molecular flexibility index (Phi) is 2.74. The number of nitrogens with one attached hydrogen (secondary N) is 1. The number of likely N-dealkylation sites (tertiary alicyclic amines) is 1. The van der Waals surface area contributed by atoms with Gasteiger partial charge in [-0.15, -0.1) is 0 Å². The van der Waals surface area contributed by atoms with E-state index in [9.17, 15) is 4.79 Å². The topological polar surface area (TPSA) is 49.0 Å². The summed E-state index contributed by atoms with van der Waals surface area (Å²) in [6.07, 6.45) is 1.10. The zero-order valence-corrected chi connectivity index (χ0v) is 10.4. The van der Waals surface area contributed by atoms with Crippen LogP contribution >= 0.6 is 0 Å². The minimum atomic E-state index is 0.126. The Morgan fingerprint density at radius 1 is 1.44 bits per heavy atom. The molecule has 1 aliphatic heterocycles. The highest BCUT2D eigenvalue weighted by atomic mass is 16.2. The van der Waals surface area contributed by atoms with Gasteiger partial charge in [-0.25, -0.2) is 0 Å². The van der Waals surface area contributed by atoms with Gasteiger partial charge in [0.2, 0.25) is 0 Å². The van der Waals surface area contributed by atoms with Crippen molar-refractivity contribution in [1.29, 1.82) is 0 Å². The van der Waals surface area contributed by atoms with Crippen molar-refractivity contribution in [3.05, 3.63) is 17.0 Å². The van der Waals surface area contributed by atoms with Crippen LogP contribution in [0, 0.1) is 19.8 Å². The minimum Gasteiger partial charge on any atom is -0.336 e. The predicted octanol–water partition coefficient (Wildman–Crippen LogP) is 1.90. The van der Waals surface area contributed by atoms with E-state index in [-0.39, 0.29) is 5.91 Å². The lowest BCUT2D eigenvalue weighted by atomic mass is 10.1. The van der Waals surface area contributed by atoms with Crippen LogP contribution in [0.5, 0.6) is 0 Å². The van der Waals surface area contributed by atoms with E-state index in [2.05, 4.69) is 24.0 Å². The van der Waals surface area contributed by atoms with E-state index < -0.39 is 0 Å². The van der Waals surface area contributed by atoms with Crippen molar-refractivity contribution in [2.24, 2.45) is 5.92 Å². The summed E-state index contributed by atoms with van der Waals surface area (Å²) in [7, 11) is 0. The summed E-state index contributed by atoms with van der Waals surface area (Å²) < 4.78 is 0. The maximum Gasteiger partial charge on any atom is 0.257 e. The van der Waals surface area contributed by atoms with Crippen molar-refractivity contribution in [2.75, 3.05) is 6.54 Å². The van der Waals surface area contributed by atoms with Crippen LogP contribution in [0.4, 0.5) is 0 Å². The van der Waals surface area contributed by atoms with E-state index in [1.165, 1.54) is 0 Å². The lowest BCUT2D eigenvalue weighted by Gasteiger charge is -2.21. The van der Waals surface area contributed by atoms with Crippen molar-refractivity contribution < 1.29 is 4.79 Å². The van der Waals surface area contributed by atoms with Gasteiger partial charge in [0, 0.05) is 18.3 Å². The van der Waals surface area contributed by atoms with Gasteiger partial charge in [0.25, 0.3) is 5.91 Å². The Morgan fingerprint density at radius 2 is 2.12 bits per heavy atom. The Bertz CT molecular complexity index is 391. The number of aryl methyl sites for hydroxylation is 2. The highest BCUT2D eigenvalue weighted by Gasteiger charge is 2.32. The average molecular weight is 221 g/mol. The first kappa shape index (κ1) is 11.2. The summed E-state index contributed by atoms with van der Waals surface area (Å²) in [4.78, 5) is 14.3. The molecule has 1 aromatic rings. The maximum absolute atomic E-state index is 12.4. The van der Waals surface area contributed by atoms with Crippen LogP contribution in [-0.2, 0) is 0 Å². The molecule has 2 atom stereocenters. The molecule has 16 heavy (non-hydrogen) atoms. The SMILES string of the molecule is Cc1n[nH]c(C)c1C(=O)N1CC(C)CC1C. The van der Waals surface area contributed by atoms with Crippen LogP contribution in [0.3, 0.4) is 0 Å².